The third-order valence-corrected chi connectivity index (χ3v) is 1.47. The predicted octanol–water partition coefficient (Wildman–Crippen LogP) is 2.93. The van der Waals surface area contributed by atoms with Crippen molar-refractivity contribution in [1.29, 1.82) is 0 Å². The summed E-state index contributed by atoms with van der Waals surface area (Å²) in [6.45, 7) is 0. The zero-order chi connectivity index (χ0) is 9.52. The smallest absolute Gasteiger partial charge is 0.278 e. The summed E-state index contributed by atoms with van der Waals surface area (Å²) in [4.78, 5) is 10.1. The summed E-state index contributed by atoms with van der Waals surface area (Å²) in [7, 11) is 0. The molecular weight excluding hydrogens is 255 g/mol. The topological polar surface area (TPSA) is 37.3 Å². The van der Waals surface area contributed by atoms with Crippen LogP contribution < -0.4 is 0 Å². The Morgan fingerprint density at radius 2 is 1.33 bits per heavy atom. The third-order valence-electron chi connectivity index (χ3n) is 1.47. The van der Waals surface area contributed by atoms with Gasteiger partial charge in [-0.15, -0.1) is 12.4 Å². The number of rotatable bonds is 1. The van der Waals surface area contributed by atoms with E-state index in [9.17, 15) is 4.79 Å². The molecule has 0 radical (unpaired) electrons. The van der Waals surface area contributed by atoms with Crippen molar-refractivity contribution in [3.8, 4) is 0 Å². The van der Waals surface area contributed by atoms with Crippen LogP contribution in [0.1, 0.15) is 10.4 Å². The molecule has 0 aliphatic heterocycles. The van der Waals surface area contributed by atoms with Crippen LogP contribution in [0.5, 0.6) is 0 Å². The summed E-state index contributed by atoms with van der Waals surface area (Å²) in [6, 6.07) is 16.5. The Morgan fingerprint density at radius 1 is 1.00 bits per heavy atom. The second kappa shape index (κ2) is 9.53. The molecule has 0 bridgehead atoms. The van der Waals surface area contributed by atoms with E-state index in [-0.39, 0.29) is 29.5 Å². The first-order chi connectivity index (χ1) is 6.30. The maximum Gasteiger partial charge on any atom is 0.278 e. The van der Waals surface area contributed by atoms with E-state index >= 15 is 0 Å². The molecule has 0 aliphatic carbocycles. The molecule has 1 N–H and O–H groups in total. The SMILES string of the molecule is Cl.O=C(O)[c-]1cccc1.[Fe].[cH-]1[cH-][cH-][cH-][cH-]1. The molecule has 0 aliphatic rings. The number of carbonyl (C=O) groups is 1. The molecule has 0 atom stereocenters. The Balaban J connectivity index is 0. The number of halogens is 1. The first-order valence-electron chi connectivity index (χ1n) is 3.92. The molecule has 0 amide bonds. The first kappa shape index (κ1) is 16.4. The molecule has 88 valence electrons. The van der Waals surface area contributed by atoms with E-state index in [1.54, 1.807) is 24.3 Å². The van der Waals surface area contributed by atoms with Gasteiger partial charge < -0.3 is 35.4 Å². The van der Waals surface area contributed by atoms with Crippen LogP contribution in [-0.4, -0.2) is 11.1 Å². The summed E-state index contributed by atoms with van der Waals surface area (Å²) in [5.74, 6) is -0.866. The fraction of sp³-hybridized carbons (Fsp3) is 0. The van der Waals surface area contributed by atoms with Gasteiger partial charge in [-0.2, -0.15) is 12.1 Å². The van der Waals surface area contributed by atoms with Crippen molar-refractivity contribution in [2.24, 2.45) is 0 Å². The molecule has 2 nitrogen and oxygen atoms in total. The van der Waals surface area contributed by atoms with Gasteiger partial charge in [0.1, 0.15) is 0 Å². The molecule has 0 aromatic heterocycles. The van der Waals surface area contributed by atoms with Crippen LogP contribution in [0.3, 0.4) is 0 Å². The molecule has 0 spiro atoms. The average molecular weight is 267 g/mol. The maximum atomic E-state index is 10.1. The molecule has 2 aromatic carbocycles. The van der Waals surface area contributed by atoms with Crippen LogP contribution in [0.4, 0.5) is 0 Å². The summed E-state index contributed by atoms with van der Waals surface area (Å²) in [6.07, 6.45) is 0. The molecule has 2 rings (SSSR count). The van der Waals surface area contributed by atoms with Gasteiger partial charge in [0.25, 0.3) is 5.97 Å². The molecular formula is C11H11ClFeO2-6. The van der Waals surface area contributed by atoms with E-state index in [0.717, 1.165) is 0 Å². The second-order valence-electron chi connectivity index (χ2n) is 2.44. The number of aromatic carboxylic acids is 1. The van der Waals surface area contributed by atoms with Crippen molar-refractivity contribution < 1.29 is 27.0 Å². The van der Waals surface area contributed by atoms with Crippen molar-refractivity contribution >= 4 is 18.4 Å². The van der Waals surface area contributed by atoms with Crippen molar-refractivity contribution in [1.82, 2.24) is 0 Å². The zero-order valence-corrected chi connectivity index (χ0v) is 9.73. The van der Waals surface area contributed by atoms with Crippen molar-refractivity contribution in [2.45, 2.75) is 0 Å². The Bertz CT molecular complexity index is 310. The molecule has 15 heavy (non-hydrogen) atoms. The first-order valence-corrected chi connectivity index (χ1v) is 3.92. The van der Waals surface area contributed by atoms with Gasteiger partial charge in [-0.3, -0.25) is 4.79 Å². The Hall–Kier alpha value is -1.02. The minimum absolute atomic E-state index is 0. The van der Waals surface area contributed by atoms with E-state index in [1.807, 2.05) is 30.3 Å². The van der Waals surface area contributed by atoms with E-state index < -0.39 is 5.97 Å². The van der Waals surface area contributed by atoms with Crippen LogP contribution in [0.25, 0.3) is 0 Å². The van der Waals surface area contributed by atoms with Gasteiger partial charge in [0, 0.05) is 17.1 Å². The van der Waals surface area contributed by atoms with Crippen LogP contribution in [0, 0.1) is 0 Å². The number of carboxylic acids is 1. The zero-order valence-electron chi connectivity index (χ0n) is 7.81. The van der Waals surface area contributed by atoms with Crippen LogP contribution >= 0.6 is 12.4 Å². The quantitative estimate of drug-likeness (QED) is 0.636. The van der Waals surface area contributed by atoms with E-state index in [0.29, 0.717) is 5.56 Å². The number of hydrogen-bond acceptors (Lipinski definition) is 1. The Kier molecular flexibility index (Phi) is 10.4. The monoisotopic (exact) mass is 266 g/mol. The van der Waals surface area contributed by atoms with Gasteiger partial charge in [0.15, 0.2) is 0 Å². The van der Waals surface area contributed by atoms with Gasteiger partial charge in [0.05, 0.1) is 0 Å². The van der Waals surface area contributed by atoms with Crippen molar-refractivity contribution in [2.75, 3.05) is 0 Å². The van der Waals surface area contributed by atoms with E-state index in [4.69, 9.17) is 5.11 Å². The molecule has 4 heteroatoms. The predicted molar refractivity (Wildman–Crippen MR) is 58.3 cm³/mol. The molecule has 0 fully saturated rings. The fourth-order valence-electron chi connectivity index (χ4n) is 0.837. The molecule has 0 unspecified atom stereocenters. The van der Waals surface area contributed by atoms with Crippen LogP contribution in [0.15, 0.2) is 54.6 Å². The molecule has 0 heterocycles. The van der Waals surface area contributed by atoms with Gasteiger partial charge in [-0.25, -0.2) is 12.1 Å². The molecule has 0 saturated heterocycles. The van der Waals surface area contributed by atoms with Gasteiger partial charge in [-0.1, -0.05) is 5.56 Å². The van der Waals surface area contributed by atoms with Crippen molar-refractivity contribution in [3.05, 3.63) is 60.2 Å². The molecule has 0 saturated carbocycles. The summed E-state index contributed by atoms with van der Waals surface area (Å²) in [5.41, 5.74) is 0.352. The Labute approximate surface area is 106 Å². The number of carboxylic acid groups (broad SMARTS) is 1. The Morgan fingerprint density at radius 3 is 1.53 bits per heavy atom. The summed E-state index contributed by atoms with van der Waals surface area (Å²) >= 11 is 0. The van der Waals surface area contributed by atoms with E-state index in [1.165, 1.54) is 0 Å². The van der Waals surface area contributed by atoms with E-state index in [2.05, 4.69) is 0 Å². The van der Waals surface area contributed by atoms with Gasteiger partial charge in [0.2, 0.25) is 0 Å². The van der Waals surface area contributed by atoms with Crippen molar-refractivity contribution in [3.63, 3.8) is 0 Å². The normalized spacial score (nSPS) is 7.47. The standard InChI is InChI=1S/C6H5O2.C5H5.ClH.Fe/c7-6(8)5-3-1-2-4-5;1-2-4-5-3-1;;/h1-4H,(H,7,8);1-5H;1H;/q-1;-5;;. The van der Waals surface area contributed by atoms with Crippen LogP contribution in [0.2, 0.25) is 0 Å². The van der Waals surface area contributed by atoms with Gasteiger partial charge in [-0.05, 0) is 0 Å². The summed E-state index contributed by atoms with van der Waals surface area (Å²) < 4.78 is 0. The summed E-state index contributed by atoms with van der Waals surface area (Å²) in [5, 5.41) is 8.27. The second-order valence-corrected chi connectivity index (χ2v) is 2.44. The fourth-order valence-corrected chi connectivity index (χ4v) is 0.837. The minimum Gasteiger partial charge on any atom is -0.748 e. The largest absolute Gasteiger partial charge is 0.748 e. The third kappa shape index (κ3) is 6.97. The average Bonchev–Trinajstić information content (AvgIpc) is 2.82. The van der Waals surface area contributed by atoms with Gasteiger partial charge >= 0.3 is 0 Å². The minimum atomic E-state index is -0.866. The number of hydrogen-bond donors (Lipinski definition) is 1. The maximum absolute atomic E-state index is 10.1. The molecule has 2 aromatic rings. The van der Waals surface area contributed by atoms with Crippen LogP contribution in [-0.2, 0) is 17.1 Å².